The van der Waals surface area contributed by atoms with Crippen LogP contribution in [0.3, 0.4) is 0 Å². The number of fused-ring (bicyclic) bond motifs is 1. The molecular weight excluding hydrogens is 438 g/mol. The highest BCUT2D eigenvalue weighted by atomic mass is 16.5. The first-order valence-electron chi connectivity index (χ1n) is 11.9. The first-order chi connectivity index (χ1) is 17.1. The van der Waals surface area contributed by atoms with Gasteiger partial charge in [0.2, 0.25) is 11.7 Å². The molecular formula is C30H27NO4. The van der Waals surface area contributed by atoms with Gasteiger partial charge in [-0.25, -0.2) is 0 Å². The lowest BCUT2D eigenvalue weighted by atomic mass is 10.0. The normalized spacial score (nSPS) is 13.6. The molecule has 1 amide bonds. The summed E-state index contributed by atoms with van der Waals surface area (Å²) in [5, 5.41) is 0.762. The van der Waals surface area contributed by atoms with Crippen molar-refractivity contribution in [1.82, 2.24) is 4.90 Å². The molecule has 176 valence electrons. The van der Waals surface area contributed by atoms with Gasteiger partial charge in [0.05, 0.1) is 0 Å². The summed E-state index contributed by atoms with van der Waals surface area (Å²) in [4.78, 5) is 27.9. The molecule has 5 nitrogen and oxygen atoms in total. The second-order valence-electron chi connectivity index (χ2n) is 8.84. The largest absolute Gasteiger partial charge is 0.489 e. The topological polar surface area (TPSA) is 59.8 Å². The highest BCUT2D eigenvalue weighted by Gasteiger charge is 2.22. The molecule has 5 rings (SSSR count). The number of carbonyl (C=O) groups excluding carboxylic acids is 2. The fourth-order valence-electron chi connectivity index (χ4n) is 4.30. The van der Waals surface area contributed by atoms with E-state index in [2.05, 4.69) is 0 Å². The highest BCUT2D eigenvalue weighted by Crippen LogP contribution is 2.32. The number of hydrogen-bond acceptors (Lipinski definition) is 4. The Morgan fingerprint density at radius 1 is 0.971 bits per heavy atom. The van der Waals surface area contributed by atoms with E-state index in [1.54, 1.807) is 30.4 Å². The van der Waals surface area contributed by atoms with E-state index in [1.807, 2.05) is 66.4 Å². The van der Waals surface area contributed by atoms with Crippen molar-refractivity contribution < 1.29 is 18.7 Å². The number of rotatable bonds is 7. The average molecular weight is 466 g/mol. The summed E-state index contributed by atoms with van der Waals surface area (Å²) >= 11 is 0. The maximum Gasteiger partial charge on any atom is 0.246 e. The third kappa shape index (κ3) is 5.04. The molecule has 0 atom stereocenters. The molecule has 3 aromatic carbocycles. The Kier molecular flexibility index (Phi) is 6.49. The number of carbonyl (C=O) groups is 2. The molecule has 4 aromatic rings. The predicted octanol–water partition coefficient (Wildman–Crippen LogP) is 6.19. The molecule has 0 N–H and O–H groups in total. The summed E-state index contributed by atoms with van der Waals surface area (Å²) in [5.74, 6) is 0.595. The van der Waals surface area contributed by atoms with Crippen LogP contribution in [0, 0.1) is 6.92 Å². The van der Waals surface area contributed by atoms with Crippen molar-refractivity contribution in [2.75, 3.05) is 13.1 Å². The molecule has 1 saturated heterocycles. The van der Waals surface area contributed by atoms with Crippen molar-refractivity contribution in [2.45, 2.75) is 26.4 Å². The Bertz CT molecular complexity index is 1380. The van der Waals surface area contributed by atoms with Crippen LogP contribution in [0.1, 0.15) is 45.7 Å². The van der Waals surface area contributed by atoms with Crippen molar-refractivity contribution in [3.63, 3.8) is 0 Å². The number of benzene rings is 3. The minimum absolute atomic E-state index is 0.0478. The lowest BCUT2D eigenvalue weighted by molar-refractivity contribution is -0.124. The number of ether oxygens (including phenoxy) is 1. The summed E-state index contributed by atoms with van der Waals surface area (Å²) in [7, 11) is 0. The van der Waals surface area contributed by atoms with E-state index in [0.29, 0.717) is 29.1 Å². The lowest BCUT2D eigenvalue weighted by Gasteiger charge is -2.11. The smallest absolute Gasteiger partial charge is 0.246 e. The second-order valence-corrected chi connectivity index (χ2v) is 8.84. The minimum Gasteiger partial charge on any atom is -0.489 e. The van der Waals surface area contributed by atoms with Crippen LogP contribution in [0.15, 0.2) is 83.3 Å². The number of likely N-dealkylation sites (tertiary alicyclic amines) is 1. The minimum atomic E-state index is -0.221. The van der Waals surface area contributed by atoms with Gasteiger partial charge >= 0.3 is 0 Å². The van der Waals surface area contributed by atoms with Gasteiger partial charge in [-0.15, -0.1) is 0 Å². The van der Waals surface area contributed by atoms with Gasteiger partial charge in [-0.05, 0) is 43.5 Å². The molecule has 0 unspecified atom stereocenters. The number of nitrogens with zero attached hydrogens (tertiary/aromatic N) is 1. The lowest BCUT2D eigenvalue weighted by Crippen LogP contribution is -2.25. The molecule has 5 heteroatoms. The number of ketones is 1. The van der Waals surface area contributed by atoms with Gasteiger partial charge in [-0.1, -0.05) is 60.2 Å². The molecule has 1 fully saturated rings. The zero-order valence-electron chi connectivity index (χ0n) is 19.7. The first kappa shape index (κ1) is 22.7. The molecule has 35 heavy (non-hydrogen) atoms. The Labute approximate surface area is 204 Å². The zero-order chi connectivity index (χ0) is 24.2. The predicted molar refractivity (Wildman–Crippen MR) is 136 cm³/mol. The number of amides is 1. The van der Waals surface area contributed by atoms with Gasteiger partial charge in [-0.3, -0.25) is 9.59 Å². The van der Waals surface area contributed by atoms with Crippen molar-refractivity contribution in [2.24, 2.45) is 0 Å². The van der Waals surface area contributed by atoms with Gasteiger partial charge in [0.1, 0.15) is 17.9 Å². The van der Waals surface area contributed by atoms with E-state index >= 15 is 0 Å². The fourth-order valence-corrected chi connectivity index (χ4v) is 4.30. The molecule has 0 radical (unpaired) electrons. The average Bonchev–Trinajstić information content (AvgIpc) is 3.55. The van der Waals surface area contributed by atoms with Crippen LogP contribution in [-0.2, 0) is 11.4 Å². The van der Waals surface area contributed by atoms with Crippen molar-refractivity contribution in [3.8, 4) is 5.75 Å². The third-order valence-electron chi connectivity index (χ3n) is 6.28. The fraction of sp³-hybridized carbons (Fsp3) is 0.200. The number of furan rings is 1. The Hall–Kier alpha value is -4.12. The number of aryl methyl sites for hydroxylation is 1. The van der Waals surface area contributed by atoms with Gasteiger partial charge in [0.25, 0.3) is 0 Å². The SMILES string of the molecule is Cc1ccc(C(=O)c2oc3cc(OCc4ccccc4)ccc3c2/C=C/C(=O)N2CCCC2)cc1. The Morgan fingerprint density at radius 2 is 1.71 bits per heavy atom. The number of hydrogen-bond donors (Lipinski definition) is 0. The van der Waals surface area contributed by atoms with Crippen LogP contribution >= 0.6 is 0 Å². The third-order valence-corrected chi connectivity index (χ3v) is 6.28. The van der Waals surface area contributed by atoms with Crippen LogP contribution in [0.5, 0.6) is 5.75 Å². The molecule has 0 bridgehead atoms. The Balaban J connectivity index is 1.49. The highest BCUT2D eigenvalue weighted by molar-refractivity contribution is 6.13. The van der Waals surface area contributed by atoms with E-state index < -0.39 is 0 Å². The van der Waals surface area contributed by atoms with Crippen LogP contribution < -0.4 is 4.74 Å². The van der Waals surface area contributed by atoms with E-state index in [4.69, 9.17) is 9.15 Å². The Morgan fingerprint density at radius 3 is 2.46 bits per heavy atom. The molecule has 0 saturated carbocycles. The zero-order valence-corrected chi connectivity index (χ0v) is 19.7. The van der Waals surface area contributed by atoms with E-state index in [1.165, 1.54) is 0 Å². The second kappa shape index (κ2) is 10.0. The van der Waals surface area contributed by atoms with E-state index in [-0.39, 0.29) is 17.5 Å². The van der Waals surface area contributed by atoms with Crippen LogP contribution in [0.4, 0.5) is 0 Å². The van der Waals surface area contributed by atoms with Crippen molar-refractivity contribution in [3.05, 3.63) is 107 Å². The van der Waals surface area contributed by atoms with Crippen molar-refractivity contribution in [1.29, 1.82) is 0 Å². The van der Waals surface area contributed by atoms with Crippen LogP contribution in [0.2, 0.25) is 0 Å². The van der Waals surface area contributed by atoms with Crippen LogP contribution in [0.25, 0.3) is 17.0 Å². The van der Waals surface area contributed by atoms with E-state index in [0.717, 1.165) is 42.4 Å². The summed E-state index contributed by atoms with van der Waals surface area (Å²) in [6.45, 7) is 3.95. The molecule has 0 aliphatic carbocycles. The first-order valence-corrected chi connectivity index (χ1v) is 11.9. The maximum absolute atomic E-state index is 13.4. The summed E-state index contributed by atoms with van der Waals surface area (Å²) in [6, 6.07) is 22.8. The molecule has 1 aliphatic heterocycles. The van der Waals surface area contributed by atoms with Crippen LogP contribution in [-0.4, -0.2) is 29.7 Å². The molecule has 1 aliphatic rings. The monoisotopic (exact) mass is 465 g/mol. The van der Waals surface area contributed by atoms with Gasteiger partial charge in [0, 0.05) is 41.7 Å². The van der Waals surface area contributed by atoms with Gasteiger partial charge < -0.3 is 14.1 Å². The molecule has 0 spiro atoms. The summed E-state index contributed by atoms with van der Waals surface area (Å²) in [5.41, 5.74) is 3.82. The summed E-state index contributed by atoms with van der Waals surface area (Å²) < 4.78 is 12.0. The standard InChI is InChI=1S/C30H27NO4/c1-21-9-11-23(12-10-21)29(33)30-26(15-16-28(32)31-17-5-6-18-31)25-14-13-24(19-27(25)35-30)34-20-22-7-3-2-4-8-22/h2-4,7-16,19H,5-6,17-18,20H2,1H3/b16-15+. The van der Waals surface area contributed by atoms with Gasteiger partial charge in [-0.2, -0.15) is 0 Å². The quantitative estimate of drug-likeness (QED) is 0.241. The van der Waals surface area contributed by atoms with Gasteiger partial charge in [0.15, 0.2) is 5.76 Å². The summed E-state index contributed by atoms with van der Waals surface area (Å²) in [6.07, 6.45) is 5.30. The molecule has 2 heterocycles. The maximum atomic E-state index is 13.4. The molecule has 1 aromatic heterocycles. The van der Waals surface area contributed by atoms with Crippen molar-refractivity contribution >= 4 is 28.7 Å². The van der Waals surface area contributed by atoms with E-state index in [9.17, 15) is 9.59 Å².